The average Bonchev–Trinajstić information content (AvgIpc) is 0. The van der Waals surface area contributed by atoms with E-state index in [9.17, 15) is 0 Å². The predicted molar refractivity (Wildman–Crippen MR) is 115 cm³/mol. The Morgan fingerprint density at radius 3 is 0.0789 bits per heavy atom. The van der Waals surface area contributed by atoms with Crippen LogP contribution in [0.2, 0.25) is 0 Å². The van der Waals surface area contributed by atoms with Crippen LogP contribution in [0.1, 0.15) is 0 Å². The van der Waals surface area contributed by atoms with E-state index in [1.807, 2.05) is 0 Å². The number of quaternary nitrogens is 6. The first-order valence-corrected chi connectivity index (χ1v) is 0. The second-order valence-corrected chi connectivity index (χ2v) is 0. The first kappa shape index (κ1) is 11800. The molecule has 0 rings (SSSR count). The Hall–Kier alpha value is 6.84. The molecule has 0 spiro atoms. The minimum atomic E-state index is 0. The van der Waals surface area contributed by atoms with Gasteiger partial charge in [0.15, 0.2) is 0 Å². The van der Waals surface area contributed by atoms with Gasteiger partial charge < -0.3 is 344 Å². The summed E-state index contributed by atoms with van der Waals surface area (Å²) in [6, 6.07) is 0. The van der Waals surface area contributed by atoms with Gasteiger partial charge >= 0.3 is 34.7 Å². The van der Waals surface area contributed by atoms with Crippen LogP contribution in [0.5, 0.6) is 0 Å². The second kappa shape index (κ2) is 11400. The third kappa shape index (κ3) is 11000. The number of rotatable bonds is 0. The molecule has 0 aliphatic rings. The minimum Gasteiger partial charge on any atom is -2.00 e. The van der Waals surface area contributed by atoms with Crippen molar-refractivity contribution < 1.29 is 594 Å². The van der Waals surface area contributed by atoms with E-state index in [1.54, 1.807) is 0 Å². The van der Waals surface area contributed by atoms with E-state index in [0.29, 0.717) is 0 Å². The molecule has 0 heterocycles. The Labute approximate surface area is 624 Å². The van der Waals surface area contributed by atoms with Crippen molar-refractivity contribution in [3.63, 3.8) is 0 Å². The Balaban J connectivity index is 0. The fourth-order valence-corrected chi connectivity index (χ4v) is 0. The monoisotopic (exact) mass is 3340 g/mol. The Morgan fingerprint density at radius 1 is 0.0789 bits per heavy atom. The van der Waals surface area contributed by atoms with Gasteiger partial charge in [0.05, 0.1) is 0 Å². The van der Waals surface area contributed by atoms with Crippen LogP contribution in [-0.4, -0.2) is 76.7 Å². The molecule has 0 saturated heterocycles. The summed E-state index contributed by atoms with van der Waals surface area (Å²) in [4.78, 5) is 0. The van der Waals surface area contributed by atoms with Crippen LogP contribution in [0.15, 0.2) is 0 Å². The van der Waals surface area contributed by atoms with Gasteiger partial charge in [-0.2, -0.15) is 0 Å². The molecule has 0 fully saturated rings. The first-order chi connectivity index (χ1) is 0. The van der Waals surface area contributed by atoms with Crippen LogP contribution in [0.25, 0.3) is 0 Å². The molecule has 52 N–H and O–H groups in total. The van der Waals surface area contributed by atoms with Crippen molar-refractivity contribution >= 4 is 0 Å². The summed E-state index contributed by atoms with van der Waals surface area (Å²) in [6.07, 6.45) is 0. The molecule has 76 heavy (non-hydrogen) atoms. The zero-order valence-electron chi connectivity index (χ0n) is 35.9. The maximum absolute atomic E-state index is 0. The summed E-state index contributed by atoms with van der Waals surface area (Å²) < 4.78 is 0. The Morgan fingerprint density at radius 2 is 0.0789 bits per heavy atom. The Bertz CT molecular complexity index is 89.1. The third-order valence-electron chi connectivity index (χ3n) is 0. The molecule has 0 aliphatic carbocycles. The van der Waals surface area contributed by atoms with Crippen molar-refractivity contribution in [1.82, 2.24) is 36.9 Å². The van der Waals surface area contributed by atoms with Gasteiger partial charge in [-0.25, -0.2) is 0 Å². The maximum atomic E-state index is 0. The fourth-order valence-electron chi connectivity index (χ4n) is 0. The number of hydrogen-bond donors (Lipinski definition) is 6. The van der Waals surface area contributed by atoms with Crippen molar-refractivity contribution in [1.29, 1.82) is 0 Å². The van der Waals surface area contributed by atoms with Crippen molar-refractivity contribution in [3.8, 4) is 0 Å². The molecule has 0 atom stereocenters. The van der Waals surface area contributed by atoms with Crippen LogP contribution in [0.4, 0.5) is 0 Å². The zero-order valence-corrected chi connectivity index (χ0v) is 73.6. The second-order valence-electron chi connectivity index (χ2n) is 0. The molecule has 0 amide bonds. The summed E-state index contributed by atoms with van der Waals surface area (Å²) in [5.41, 5.74) is 0. The van der Waals surface area contributed by atoms with E-state index in [0.717, 1.165) is 0 Å². The molecule has 569 valence electrons. The summed E-state index contributed by atoms with van der Waals surface area (Å²) >= 11 is 0. The SMILES string of the molecule is O.O.O.O.O.O.O.O.O.O.O.O.O.O.[Cr+5].[Cr+6].[NH4+].[NH4+].[NH4+].[NH4+].[NH4+].[NH4+].[O-2].[O-2].[O-2].[O-2].[O-2].[O-2].[O-2].[O-2].[O-2].[O-2].[O-2].[O-2].[O-2].[O-2].[O-2].[O-2].[O-2].[O-2].[O-2].[O-2].[O-2].[O-2].[O-2].[O-2].[O-2].[O-2].[O-2].[O-2].[O-2].[O-2].[O-2].[O-2].[O-2].[O-2].[O-2].[O-2].[O-2].[O-2].[O-2].[O-2].[O-2].[O-2].[W].[W].[W].[W].[W].[W].[W].[W].[W].[W].[W].[W]. The maximum Gasteiger partial charge on any atom is 6.00 e. The predicted octanol–water partition coefficient (Wildman–Crippen LogP) is -14.3. The van der Waals surface area contributed by atoms with E-state index < -0.39 is 0 Å². The van der Waals surface area contributed by atoms with Crippen LogP contribution in [-0.2, 0) is 518 Å². The van der Waals surface area contributed by atoms with Gasteiger partial charge in [-0.05, 0) is 0 Å². The van der Waals surface area contributed by atoms with E-state index in [-0.39, 0.29) is 631 Å². The molecular weight excluding hydrogens is 3290 g/mol. The van der Waals surface area contributed by atoms with Crippen molar-refractivity contribution in [3.05, 3.63) is 0 Å². The summed E-state index contributed by atoms with van der Waals surface area (Å²) in [5.74, 6) is 0. The smallest absolute Gasteiger partial charge is 2.00 e. The van der Waals surface area contributed by atoms with E-state index in [4.69, 9.17) is 0 Å². The molecule has 0 aromatic rings. The minimum absolute atomic E-state index is 0. The number of hydrogen-bond acceptors (Lipinski definition) is 0. The van der Waals surface area contributed by atoms with Crippen molar-refractivity contribution in [2.45, 2.75) is 0 Å². The normalized spacial score (nSPS) is 0. The summed E-state index contributed by atoms with van der Waals surface area (Å²) in [5, 5.41) is 0. The molecule has 0 bridgehead atoms. The van der Waals surface area contributed by atoms with Crippen molar-refractivity contribution in [2.75, 3.05) is 0 Å². The molecule has 0 aromatic heterocycles. The molecule has 0 unspecified atom stereocenters. The molecule has 0 saturated carbocycles. The largest absolute Gasteiger partial charge is 6.00 e. The van der Waals surface area contributed by atoms with Crippen LogP contribution in [0.3, 0.4) is 0 Å². The topological polar surface area (TPSA) is 1860 Å². The van der Waals surface area contributed by atoms with E-state index in [1.165, 1.54) is 0 Å². The van der Waals surface area contributed by atoms with Gasteiger partial charge in [0.1, 0.15) is 0 Å². The van der Waals surface area contributed by atoms with Crippen molar-refractivity contribution in [2.24, 2.45) is 0 Å². The quantitative estimate of drug-likeness (QED) is 0.132. The van der Waals surface area contributed by atoms with Gasteiger partial charge in [-0.1, -0.05) is 0 Å². The van der Waals surface area contributed by atoms with E-state index in [2.05, 4.69) is 0 Å². The molecule has 1 radical (unpaired) electrons. The Kier molecular flexibility index (Phi) is 1780000. The van der Waals surface area contributed by atoms with Crippen LogP contribution in [0, 0.1) is 0 Å². The summed E-state index contributed by atoms with van der Waals surface area (Å²) in [6.45, 7) is 0. The molecule has 0 aliphatic heterocycles. The summed E-state index contributed by atoms with van der Waals surface area (Å²) in [7, 11) is 0. The van der Waals surface area contributed by atoms with Gasteiger partial charge in [-0.15, -0.1) is 0 Å². The molecule has 0 aromatic carbocycles. The molecular formula is H52Cr2N6O56W12-67. The van der Waals surface area contributed by atoms with Gasteiger partial charge in [0.2, 0.25) is 0 Å². The first-order valence-electron chi connectivity index (χ1n) is 0. The fraction of sp³-hybridized carbons (Fsp3) is 0. The molecule has 76 heteroatoms. The van der Waals surface area contributed by atoms with Crippen LogP contribution >= 0.6 is 0 Å². The van der Waals surface area contributed by atoms with Gasteiger partial charge in [-0.3, -0.25) is 0 Å². The average molecular weight is 3340 g/mol. The van der Waals surface area contributed by atoms with E-state index >= 15 is 0 Å². The molecule has 62 nitrogen and oxygen atoms in total. The third-order valence-corrected chi connectivity index (χ3v) is 0. The van der Waals surface area contributed by atoms with Gasteiger partial charge in [0, 0.05) is 253 Å². The zero-order chi connectivity index (χ0) is 0. The van der Waals surface area contributed by atoms with Gasteiger partial charge in [0.25, 0.3) is 0 Å². The standard InChI is InChI=1S/2Cr.6H3N.14H2O.42O.12W/h;;6*1H3;14*1H2;;;;;;;;;;;;;;;;;;;;;;;;;;;;;;;;;;;;;;;;;;;;;;;;;;;;;;/q+5;+6;;;;;;;;;;;;;;;;;;;;;42*-2;;;;;;;;;;;;/p+6. The van der Waals surface area contributed by atoms with Crippen LogP contribution < -0.4 is 36.9 Å².